The first-order chi connectivity index (χ1) is 25.7. The lowest BCUT2D eigenvalue weighted by molar-refractivity contribution is 0.631. The summed E-state index contributed by atoms with van der Waals surface area (Å²) in [5.74, 6) is 1.13. The molecule has 0 aliphatic carbocycles. The van der Waals surface area contributed by atoms with Gasteiger partial charge in [-0.15, -0.1) is 0 Å². The van der Waals surface area contributed by atoms with Gasteiger partial charge >= 0.3 is 0 Å². The number of nitrogens with zero attached hydrogens (tertiary/aromatic N) is 5. The van der Waals surface area contributed by atoms with Crippen molar-refractivity contribution in [2.24, 2.45) is 0 Å². The van der Waals surface area contributed by atoms with Crippen LogP contribution in [0.1, 0.15) is 5.56 Å². The highest BCUT2D eigenvalue weighted by molar-refractivity contribution is 6.10. The number of hydrogen-bond donors (Lipinski definition) is 0. The van der Waals surface area contributed by atoms with Crippen molar-refractivity contribution >= 4 is 21.8 Å². The van der Waals surface area contributed by atoms with Gasteiger partial charge in [-0.2, -0.15) is 5.26 Å². The molecular formula is C46H28FN5. The molecule has 0 aliphatic rings. The quantitative estimate of drug-likeness (QED) is 0.177. The molecule has 244 valence electrons. The van der Waals surface area contributed by atoms with Crippen molar-refractivity contribution in [3.63, 3.8) is 0 Å². The minimum absolute atomic E-state index is 0.338. The van der Waals surface area contributed by atoms with E-state index in [-0.39, 0.29) is 5.82 Å². The Balaban J connectivity index is 1.34. The molecule has 0 aliphatic heterocycles. The Morgan fingerprint density at radius 3 is 1.75 bits per heavy atom. The van der Waals surface area contributed by atoms with Crippen LogP contribution < -0.4 is 0 Å². The Bertz CT molecular complexity index is 2760. The third kappa shape index (κ3) is 5.38. The lowest BCUT2D eigenvalue weighted by Crippen LogP contribution is -2.03. The molecule has 0 radical (unpaired) electrons. The van der Waals surface area contributed by atoms with E-state index in [1.807, 2.05) is 121 Å². The molecule has 0 spiro atoms. The number of fused-ring (bicyclic) bond motifs is 3. The number of hydrogen-bond acceptors (Lipinski definition) is 4. The molecule has 7 aromatic carbocycles. The summed E-state index contributed by atoms with van der Waals surface area (Å²) in [6.45, 7) is 0. The van der Waals surface area contributed by atoms with Crippen LogP contribution in [0.5, 0.6) is 0 Å². The van der Waals surface area contributed by atoms with Crippen LogP contribution in [-0.2, 0) is 0 Å². The first-order valence-corrected chi connectivity index (χ1v) is 17.0. The fourth-order valence-electron chi connectivity index (χ4n) is 6.95. The second kappa shape index (κ2) is 12.9. The maximum Gasteiger partial charge on any atom is 0.164 e. The summed E-state index contributed by atoms with van der Waals surface area (Å²) in [5.41, 5.74) is 8.73. The molecule has 5 nitrogen and oxygen atoms in total. The van der Waals surface area contributed by atoms with Crippen LogP contribution in [0.4, 0.5) is 4.39 Å². The molecule has 0 unspecified atom stereocenters. The number of benzene rings is 7. The van der Waals surface area contributed by atoms with Gasteiger partial charge in [0.25, 0.3) is 0 Å². The molecule has 52 heavy (non-hydrogen) atoms. The average molecular weight is 670 g/mol. The molecular weight excluding hydrogens is 642 g/mol. The predicted molar refractivity (Wildman–Crippen MR) is 206 cm³/mol. The number of para-hydroxylation sites is 1. The van der Waals surface area contributed by atoms with Crippen molar-refractivity contribution in [1.29, 1.82) is 5.26 Å². The van der Waals surface area contributed by atoms with Gasteiger partial charge in [-0.05, 0) is 53.1 Å². The standard InChI is InChI=1S/C46H28FN5/c47-41-21-11-9-19-37(41)36-26-24-34(28-40(36)46-50-44(30-13-3-1-4-14-30)49-45(51-46)31-15-5-2-6-16-31)52-42-22-12-10-20-38(42)39-25-23-32(27-43(39)52)35-18-8-7-17-33(35)29-48/h1-28H. The van der Waals surface area contributed by atoms with Gasteiger partial charge in [-0.3, -0.25) is 0 Å². The van der Waals surface area contributed by atoms with Crippen molar-refractivity contribution in [1.82, 2.24) is 19.5 Å². The molecule has 9 rings (SSSR count). The van der Waals surface area contributed by atoms with E-state index in [0.717, 1.165) is 49.7 Å². The summed E-state index contributed by atoms with van der Waals surface area (Å²) in [6, 6.07) is 57.0. The molecule has 0 bridgehead atoms. The van der Waals surface area contributed by atoms with Gasteiger partial charge in [-0.1, -0.05) is 133 Å². The predicted octanol–water partition coefficient (Wildman–Crippen LogP) is 11.3. The Labute approximate surface area is 299 Å². The summed E-state index contributed by atoms with van der Waals surface area (Å²) in [5, 5.41) is 12.1. The number of rotatable bonds is 6. The largest absolute Gasteiger partial charge is 0.309 e. The summed E-state index contributed by atoms with van der Waals surface area (Å²) in [4.78, 5) is 15.0. The average Bonchev–Trinajstić information content (AvgIpc) is 3.55. The van der Waals surface area contributed by atoms with Gasteiger partial charge in [0.15, 0.2) is 17.5 Å². The van der Waals surface area contributed by atoms with Crippen LogP contribution in [-0.4, -0.2) is 19.5 Å². The van der Waals surface area contributed by atoms with E-state index >= 15 is 4.39 Å². The Morgan fingerprint density at radius 2 is 1.04 bits per heavy atom. The molecule has 0 saturated heterocycles. The number of aromatic nitrogens is 4. The molecule has 2 aromatic heterocycles. The SMILES string of the molecule is N#Cc1ccccc1-c1ccc2c3ccccc3n(-c3ccc(-c4ccccc4F)c(-c4nc(-c5ccccc5)nc(-c5ccccc5)n4)c3)c2c1. The molecule has 0 amide bonds. The Kier molecular flexibility index (Phi) is 7.64. The van der Waals surface area contributed by atoms with Gasteiger partial charge < -0.3 is 4.57 Å². The van der Waals surface area contributed by atoms with Crippen LogP contribution >= 0.6 is 0 Å². The van der Waals surface area contributed by atoms with Gasteiger partial charge in [-0.25, -0.2) is 19.3 Å². The number of nitriles is 1. The molecule has 2 heterocycles. The van der Waals surface area contributed by atoms with Crippen molar-refractivity contribution in [2.75, 3.05) is 0 Å². The molecule has 0 fully saturated rings. The molecule has 0 N–H and O–H groups in total. The van der Waals surface area contributed by atoms with Crippen molar-refractivity contribution in [3.05, 3.63) is 181 Å². The Hall–Kier alpha value is -7.23. The first-order valence-electron chi connectivity index (χ1n) is 17.0. The molecule has 9 aromatic rings. The van der Waals surface area contributed by atoms with Crippen LogP contribution in [0.25, 0.3) is 83.9 Å². The zero-order chi connectivity index (χ0) is 35.0. The lowest BCUT2D eigenvalue weighted by Gasteiger charge is -2.16. The third-order valence-corrected chi connectivity index (χ3v) is 9.40. The minimum Gasteiger partial charge on any atom is -0.309 e. The van der Waals surface area contributed by atoms with Gasteiger partial charge in [0.1, 0.15) is 5.82 Å². The fraction of sp³-hybridized carbons (Fsp3) is 0. The number of halogens is 1. The minimum atomic E-state index is -0.338. The second-order valence-corrected chi connectivity index (χ2v) is 12.5. The maximum absolute atomic E-state index is 15.6. The molecule has 6 heteroatoms. The highest BCUT2D eigenvalue weighted by atomic mass is 19.1. The van der Waals surface area contributed by atoms with Crippen LogP contribution in [0.3, 0.4) is 0 Å². The van der Waals surface area contributed by atoms with Gasteiger partial charge in [0.05, 0.1) is 22.7 Å². The van der Waals surface area contributed by atoms with Crippen LogP contribution in [0, 0.1) is 17.1 Å². The normalized spacial score (nSPS) is 11.2. The van der Waals surface area contributed by atoms with Crippen molar-refractivity contribution in [3.8, 4) is 68.2 Å². The summed E-state index contributed by atoms with van der Waals surface area (Å²) in [7, 11) is 0. The van der Waals surface area contributed by atoms with E-state index in [1.54, 1.807) is 12.1 Å². The van der Waals surface area contributed by atoms with Gasteiger partial charge in [0, 0.05) is 38.7 Å². The second-order valence-electron chi connectivity index (χ2n) is 12.5. The summed E-state index contributed by atoms with van der Waals surface area (Å²) < 4.78 is 17.9. The van der Waals surface area contributed by atoms with Crippen molar-refractivity contribution in [2.45, 2.75) is 0 Å². The van der Waals surface area contributed by atoms with Crippen LogP contribution in [0.15, 0.2) is 170 Å². The van der Waals surface area contributed by atoms with Crippen molar-refractivity contribution < 1.29 is 4.39 Å². The van der Waals surface area contributed by atoms with E-state index in [1.165, 1.54) is 6.07 Å². The third-order valence-electron chi connectivity index (χ3n) is 9.40. The highest BCUT2D eigenvalue weighted by Crippen LogP contribution is 2.39. The zero-order valence-electron chi connectivity index (χ0n) is 27.8. The lowest BCUT2D eigenvalue weighted by atomic mass is 9.97. The summed E-state index contributed by atoms with van der Waals surface area (Å²) >= 11 is 0. The topological polar surface area (TPSA) is 67.4 Å². The monoisotopic (exact) mass is 669 g/mol. The molecule has 0 saturated carbocycles. The Morgan fingerprint density at radius 1 is 0.442 bits per heavy atom. The molecule has 0 atom stereocenters. The van der Waals surface area contributed by atoms with E-state index in [9.17, 15) is 5.26 Å². The highest BCUT2D eigenvalue weighted by Gasteiger charge is 2.20. The fourth-order valence-corrected chi connectivity index (χ4v) is 6.95. The van der Waals surface area contributed by atoms with E-state index in [4.69, 9.17) is 15.0 Å². The van der Waals surface area contributed by atoms with Gasteiger partial charge in [0.2, 0.25) is 0 Å². The van der Waals surface area contributed by atoms with Crippen LogP contribution in [0.2, 0.25) is 0 Å². The van der Waals surface area contributed by atoms with E-state index < -0.39 is 0 Å². The van der Waals surface area contributed by atoms with E-state index in [2.05, 4.69) is 41.0 Å². The van der Waals surface area contributed by atoms with E-state index in [0.29, 0.717) is 39.7 Å². The first kappa shape index (κ1) is 30.8. The smallest absolute Gasteiger partial charge is 0.164 e. The zero-order valence-corrected chi connectivity index (χ0v) is 27.8. The maximum atomic E-state index is 15.6. The summed E-state index contributed by atoms with van der Waals surface area (Å²) in [6.07, 6.45) is 0.